The van der Waals surface area contributed by atoms with E-state index in [2.05, 4.69) is 25.0 Å². The number of rotatable bonds is 6. The summed E-state index contributed by atoms with van der Waals surface area (Å²) in [5.74, 6) is 4.13. The molecule has 2 aromatic rings. The van der Waals surface area contributed by atoms with Crippen molar-refractivity contribution in [1.82, 2.24) is 0 Å². The lowest BCUT2D eigenvalue weighted by Crippen LogP contribution is -1.98. The average Bonchev–Trinajstić information content (AvgIpc) is 2.59. The van der Waals surface area contributed by atoms with Gasteiger partial charge in [-0.15, -0.1) is 18.0 Å². The van der Waals surface area contributed by atoms with Gasteiger partial charge in [0.15, 0.2) is 0 Å². The van der Waals surface area contributed by atoms with Crippen LogP contribution in [0.15, 0.2) is 54.6 Å². The van der Waals surface area contributed by atoms with Gasteiger partial charge in [-0.05, 0) is 35.3 Å². The molecular weight excluding hydrogens is 292 g/mol. The van der Waals surface area contributed by atoms with Crippen LogP contribution in [0.4, 0.5) is 0 Å². The Bertz CT molecular complexity index is 663. The number of benzene rings is 2. The van der Waals surface area contributed by atoms with Crippen LogP contribution in [-0.2, 0) is 0 Å². The Morgan fingerprint density at radius 2 is 1.73 bits per heavy atom. The summed E-state index contributed by atoms with van der Waals surface area (Å²) in [4.78, 5) is 0. The van der Waals surface area contributed by atoms with Gasteiger partial charge in [0, 0.05) is 5.57 Å². The SMILES string of the molecule is C#C/C(=C(/CC)c1ccccc1)c1ccc(OCCCl)cc1. The predicted molar refractivity (Wildman–Crippen MR) is 95.0 cm³/mol. The number of hydrogen-bond acceptors (Lipinski definition) is 1. The lowest BCUT2D eigenvalue weighted by molar-refractivity contribution is 0.343. The molecule has 0 bridgehead atoms. The fourth-order valence-corrected chi connectivity index (χ4v) is 2.46. The molecule has 0 N–H and O–H groups in total. The van der Waals surface area contributed by atoms with Crippen LogP contribution in [-0.4, -0.2) is 12.5 Å². The Labute approximate surface area is 137 Å². The van der Waals surface area contributed by atoms with Crippen molar-refractivity contribution in [1.29, 1.82) is 0 Å². The summed E-state index contributed by atoms with van der Waals surface area (Å²) >= 11 is 5.62. The fraction of sp³-hybridized carbons (Fsp3) is 0.200. The van der Waals surface area contributed by atoms with Gasteiger partial charge in [-0.1, -0.05) is 55.3 Å². The zero-order valence-electron chi connectivity index (χ0n) is 12.7. The van der Waals surface area contributed by atoms with Crippen LogP contribution >= 0.6 is 11.6 Å². The second-order valence-electron chi connectivity index (χ2n) is 4.78. The molecule has 0 fully saturated rings. The summed E-state index contributed by atoms with van der Waals surface area (Å²) in [6, 6.07) is 18.1. The molecule has 0 aliphatic rings. The van der Waals surface area contributed by atoms with E-state index in [1.54, 1.807) is 0 Å². The van der Waals surface area contributed by atoms with Crippen molar-refractivity contribution in [3.8, 4) is 18.1 Å². The Balaban J connectivity index is 2.38. The molecule has 0 unspecified atom stereocenters. The summed E-state index contributed by atoms with van der Waals surface area (Å²) < 4.78 is 5.50. The van der Waals surface area contributed by atoms with Crippen LogP contribution in [0.5, 0.6) is 5.75 Å². The molecule has 0 radical (unpaired) electrons. The third-order valence-corrected chi connectivity index (χ3v) is 3.57. The lowest BCUT2D eigenvalue weighted by Gasteiger charge is -2.11. The first kappa shape index (κ1) is 16.2. The summed E-state index contributed by atoms with van der Waals surface area (Å²) in [6.07, 6.45) is 6.66. The smallest absolute Gasteiger partial charge is 0.119 e. The molecule has 1 nitrogen and oxygen atoms in total. The Kier molecular flexibility index (Phi) is 6.13. The molecule has 2 aromatic carbocycles. The highest BCUT2D eigenvalue weighted by Gasteiger charge is 2.08. The minimum Gasteiger partial charge on any atom is -0.492 e. The number of alkyl halides is 1. The number of ether oxygens (including phenoxy) is 1. The van der Waals surface area contributed by atoms with Gasteiger partial charge in [0.1, 0.15) is 12.4 Å². The largest absolute Gasteiger partial charge is 0.492 e. The molecule has 112 valence electrons. The molecule has 0 atom stereocenters. The quantitative estimate of drug-likeness (QED) is 0.402. The van der Waals surface area contributed by atoms with Crippen LogP contribution in [0, 0.1) is 12.3 Å². The monoisotopic (exact) mass is 310 g/mol. The first-order valence-electron chi connectivity index (χ1n) is 7.34. The Morgan fingerprint density at radius 1 is 1.05 bits per heavy atom. The molecule has 0 aliphatic carbocycles. The van der Waals surface area contributed by atoms with Crippen molar-refractivity contribution in [2.75, 3.05) is 12.5 Å². The van der Waals surface area contributed by atoms with Gasteiger partial charge < -0.3 is 4.74 Å². The summed E-state index contributed by atoms with van der Waals surface area (Å²) in [7, 11) is 0. The first-order chi connectivity index (χ1) is 10.8. The van der Waals surface area contributed by atoms with Crippen LogP contribution in [0.3, 0.4) is 0 Å². The molecule has 0 amide bonds. The van der Waals surface area contributed by atoms with E-state index in [9.17, 15) is 0 Å². The van der Waals surface area contributed by atoms with Crippen molar-refractivity contribution in [3.63, 3.8) is 0 Å². The molecule has 0 heterocycles. The van der Waals surface area contributed by atoms with E-state index in [1.807, 2.05) is 42.5 Å². The highest BCUT2D eigenvalue weighted by molar-refractivity contribution is 6.18. The minimum absolute atomic E-state index is 0.477. The Hall–Kier alpha value is -2.17. The van der Waals surface area contributed by atoms with Crippen LogP contribution in [0.25, 0.3) is 11.1 Å². The zero-order valence-corrected chi connectivity index (χ0v) is 13.4. The van der Waals surface area contributed by atoms with E-state index in [0.717, 1.165) is 23.3 Å². The molecular formula is C20H19ClO. The van der Waals surface area contributed by atoms with E-state index in [1.165, 1.54) is 11.1 Å². The second-order valence-corrected chi connectivity index (χ2v) is 5.16. The molecule has 0 aromatic heterocycles. The fourth-order valence-electron chi connectivity index (χ4n) is 2.38. The third-order valence-electron chi connectivity index (χ3n) is 3.41. The van der Waals surface area contributed by atoms with Crippen molar-refractivity contribution < 1.29 is 4.74 Å². The first-order valence-corrected chi connectivity index (χ1v) is 7.88. The number of hydrogen-bond donors (Lipinski definition) is 0. The lowest BCUT2D eigenvalue weighted by atomic mass is 9.93. The third kappa shape index (κ3) is 3.93. The summed E-state index contributed by atoms with van der Waals surface area (Å²) in [5.41, 5.74) is 4.30. The molecule has 0 saturated heterocycles. The minimum atomic E-state index is 0.477. The maximum absolute atomic E-state index is 5.78. The van der Waals surface area contributed by atoms with Crippen LogP contribution in [0.2, 0.25) is 0 Å². The van der Waals surface area contributed by atoms with Crippen LogP contribution < -0.4 is 4.74 Å². The van der Waals surface area contributed by atoms with Crippen LogP contribution in [0.1, 0.15) is 24.5 Å². The van der Waals surface area contributed by atoms with E-state index in [0.29, 0.717) is 12.5 Å². The van der Waals surface area contributed by atoms with Gasteiger partial charge in [-0.3, -0.25) is 0 Å². The van der Waals surface area contributed by atoms with E-state index in [-0.39, 0.29) is 0 Å². The highest BCUT2D eigenvalue weighted by Crippen LogP contribution is 2.29. The summed E-state index contributed by atoms with van der Waals surface area (Å²) in [5, 5.41) is 0. The van der Waals surface area contributed by atoms with Crippen molar-refractivity contribution in [2.45, 2.75) is 13.3 Å². The molecule has 0 spiro atoms. The predicted octanol–water partition coefficient (Wildman–Crippen LogP) is 5.26. The van der Waals surface area contributed by atoms with Gasteiger partial charge >= 0.3 is 0 Å². The van der Waals surface area contributed by atoms with Gasteiger partial charge in [0.05, 0.1) is 5.88 Å². The maximum Gasteiger partial charge on any atom is 0.119 e. The van der Waals surface area contributed by atoms with Gasteiger partial charge in [0.2, 0.25) is 0 Å². The van der Waals surface area contributed by atoms with Gasteiger partial charge in [-0.2, -0.15) is 0 Å². The second kappa shape index (κ2) is 8.32. The van der Waals surface area contributed by atoms with E-state index >= 15 is 0 Å². The topological polar surface area (TPSA) is 9.23 Å². The molecule has 0 saturated carbocycles. The highest BCUT2D eigenvalue weighted by atomic mass is 35.5. The van der Waals surface area contributed by atoms with Crippen molar-refractivity contribution in [3.05, 3.63) is 65.7 Å². The number of halogens is 1. The summed E-state index contributed by atoms with van der Waals surface area (Å²) in [6.45, 7) is 2.63. The van der Waals surface area contributed by atoms with E-state index in [4.69, 9.17) is 22.8 Å². The van der Waals surface area contributed by atoms with Gasteiger partial charge in [0.25, 0.3) is 0 Å². The van der Waals surface area contributed by atoms with Crippen molar-refractivity contribution >= 4 is 22.7 Å². The number of terminal acetylenes is 1. The molecule has 22 heavy (non-hydrogen) atoms. The molecule has 2 rings (SSSR count). The maximum atomic E-state index is 5.78. The zero-order chi connectivity index (χ0) is 15.8. The molecule has 2 heteroatoms. The molecule has 0 aliphatic heterocycles. The van der Waals surface area contributed by atoms with Gasteiger partial charge in [-0.25, -0.2) is 0 Å². The van der Waals surface area contributed by atoms with E-state index < -0.39 is 0 Å². The Morgan fingerprint density at radius 3 is 2.27 bits per heavy atom. The average molecular weight is 311 g/mol. The normalized spacial score (nSPS) is 11.5. The standard InChI is InChI=1S/C20H19ClO/c1-3-19(16-8-6-5-7-9-16)20(4-2)17-10-12-18(13-11-17)22-15-14-21/h2,5-13H,3,14-15H2,1H3/b20-19+. The van der Waals surface area contributed by atoms with Crippen molar-refractivity contribution in [2.24, 2.45) is 0 Å². The number of allylic oxidation sites excluding steroid dienone is 2.